The molecule has 0 aromatic heterocycles. The van der Waals surface area contributed by atoms with E-state index >= 15 is 0 Å². The number of hydrogen-bond acceptors (Lipinski definition) is 5. The van der Waals surface area contributed by atoms with E-state index in [1.165, 1.54) is 7.05 Å². The summed E-state index contributed by atoms with van der Waals surface area (Å²) in [6.07, 6.45) is 1.64. The van der Waals surface area contributed by atoms with E-state index in [9.17, 15) is 8.42 Å². The molecule has 0 saturated carbocycles. The van der Waals surface area contributed by atoms with Gasteiger partial charge in [-0.25, -0.2) is 13.1 Å². The highest BCUT2D eigenvalue weighted by atomic mass is 32.2. The Balaban J connectivity index is 4.28. The van der Waals surface area contributed by atoms with Gasteiger partial charge < -0.3 is 11.5 Å². The molecule has 9 heteroatoms. The molecule has 0 radical (unpaired) electrons. The molecule has 0 saturated heterocycles. The van der Waals surface area contributed by atoms with Crippen molar-refractivity contribution in [1.29, 1.82) is 0 Å². The van der Waals surface area contributed by atoms with Crippen LogP contribution in [0, 0.1) is 0 Å². The fourth-order valence-electron chi connectivity index (χ4n) is 1.08. The summed E-state index contributed by atoms with van der Waals surface area (Å²) in [6.45, 7) is 0.690. The number of nitrogens with two attached hydrogens (primary N) is 2. The quantitative estimate of drug-likeness (QED) is 0.291. The van der Waals surface area contributed by atoms with E-state index in [-0.39, 0.29) is 11.7 Å². The predicted octanol–water partition coefficient (Wildman–Crippen LogP) is -1.66. The van der Waals surface area contributed by atoms with Gasteiger partial charge in [-0.1, -0.05) is 0 Å². The van der Waals surface area contributed by atoms with Crippen molar-refractivity contribution in [3.05, 3.63) is 0 Å². The maximum absolute atomic E-state index is 10.8. The molecule has 0 amide bonds. The molecule has 0 fully saturated rings. The van der Waals surface area contributed by atoms with Crippen LogP contribution in [0.5, 0.6) is 0 Å². The van der Waals surface area contributed by atoms with Crippen LogP contribution in [0.4, 0.5) is 0 Å². The second-order valence-electron chi connectivity index (χ2n) is 3.47. The Morgan fingerprint density at radius 1 is 1.17 bits per heavy atom. The van der Waals surface area contributed by atoms with Gasteiger partial charge in [-0.2, -0.15) is 0 Å². The molecular formula is C9H20N6O2S. The van der Waals surface area contributed by atoms with Gasteiger partial charge in [0, 0.05) is 27.2 Å². The number of rotatable bonds is 7. The number of hydrogen-bond donors (Lipinski definition) is 3. The third-order valence-corrected chi connectivity index (χ3v) is 2.66. The van der Waals surface area contributed by atoms with E-state index in [1.54, 1.807) is 7.05 Å². The van der Waals surface area contributed by atoms with E-state index in [0.717, 1.165) is 6.26 Å². The van der Waals surface area contributed by atoms with Crippen LogP contribution in [0.1, 0.15) is 6.42 Å². The summed E-state index contributed by atoms with van der Waals surface area (Å²) in [7, 11) is -0.0816. The standard InChI is InChI=1S/C9H20N6O2S/c1-12-7(8(10)13-2)9(11)14-5-4-6-15-18(3,16)17/h15H,4-6H2,1-3H3,(H2,10,13)(H2,11,14). The third kappa shape index (κ3) is 6.97. The summed E-state index contributed by atoms with van der Waals surface area (Å²) >= 11 is 0. The molecule has 0 unspecified atom stereocenters. The van der Waals surface area contributed by atoms with Gasteiger partial charge in [0.1, 0.15) is 17.4 Å². The molecule has 0 aliphatic heterocycles. The fraction of sp³-hybridized carbons (Fsp3) is 0.667. The molecule has 0 aromatic carbocycles. The van der Waals surface area contributed by atoms with Gasteiger partial charge in [0.05, 0.1) is 6.26 Å². The summed E-state index contributed by atoms with van der Waals surface area (Å²) < 4.78 is 23.9. The Morgan fingerprint density at radius 2 is 1.78 bits per heavy atom. The number of nitrogens with one attached hydrogen (secondary N) is 1. The summed E-state index contributed by atoms with van der Waals surface area (Å²) in [5.41, 5.74) is 11.6. The van der Waals surface area contributed by atoms with Crippen LogP contribution in [0.25, 0.3) is 0 Å². The first-order valence-electron chi connectivity index (χ1n) is 5.26. The van der Waals surface area contributed by atoms with Crippen LogP contribution in [0.3, 0.4) is 0 Å². The number of nitrogens with zero attached hydrogens (tertiary/aromatic N) is 3. The number of sulfonamides is 1. The van der Waals surface area contributed by atoms with Crippen molar-refractivity contribution in [2.45, 2.75) is 6.42 Å². The first-order valence-corrected chi connectivity index (χ1v) is 7.15. The molecule has 0 rings (SSSR count). The zero-order valence-corrected chi connectivity index (χ0v) is 11.7. The minimum atomic E-state index is -3.16. The van der Waals surface area contributed by atoms with Crippen molar-refractivity contribution < 1.29 is 8.42 Å². The molecule has 0 aliphatic rings. The first kappa shape index (κ1) is 16.5. The van der Waals surface area contributed by atoms with E-state index in [1.807, 2.05) is 0 Å². The second-order valence-corrected chi connectivity index (χ2v) is 5.30. The first-order chi connectivity index (χ1) is 8.31. The molecule has 18 heavy (non-hydrogen) atoms. The topological polar surface area (TPSA) is 135 Å². The fourth-order valence-corrected chi connectivity index (χ4v) is 1.59. The Hall–Kier alpha value is -1.48. The molecule has 8 nitrogen and oxygen atoms in total. The van der Waals surface area contributed by atoms with Crippen molar-refractivity contribution in [3.8, 4) is 0 Å². The second kappa shape index (κ2) is 7.77. The van der Waals surface area contributed by atoms with Gasteiger partial charge in [-0.15, -0.1) is 0 Å². The summed E-state index contributed by atoms with van der Waals surface area (Å²) in [5.74, 6) is 0.410. The minimum Gasteiger partial charge on any atom is -0.382 e. The van der Waals surface area contributed by atoms with Crippen molar-refractivity contribution in [3.63, 3.8) is 0 Å². The van der Waals surface area contributed by atoms with Gasteiger partial charge in [-0.3, -0.25) is 15.0 Å². The minimum absolute atomic E-state index is 0.194. The zero-order valence-electron chi connectivity index (χ0n) is 10.8. The van der Waals surface area contributed by atoms with Crippen LogP contribution in [-0.4, -0.2) is 59.2 Å². The van der Waals surface area contributed by atoms with Gasteiger partial charge in [-0.05, 0) is 6.42 Å². The van der Waals surface area contributed by atoms with Crippen molar-refractivity contribution >= 4 is 27.4 Å². The van der Waals surface area contributed by atoms with E-state index in [4.69, 9.17) is 11.5 Å². The molecule has 0 heterocycles. The van der Waals surface area contributed by atoms with Crippen LogP contribution in [0.15, 0.2) is 15.0 Å². The molecule has 0 atom stereocenters. The van der Waals surface area contributed by atoms with E-state index in [2.05, 4.69) is 19.7 Å². The number of amidine groups is 2. The molecule has 0 spiro atoms. The highest BCUT2D eigenvalue weighted by molar-refractivity contribution is 7.88. The third-order valence-electron chi connectivity index (χ3n) is 1.93. The van der Waals surface area contributed by atoms with Gasteiger partial charge >= 0.3 is 0 Å². The van der Waals surface area contributed by atoms with Gasteiger partial charge in [0.2, 0.25) is 10.0 Å². The Morgan fingerprint density at radius 3 is 2.22 bits per heavy atom. The SMILES string of the molecule is CN=C(N)C(=NC)C(N)=NCCCNS(C)(=O)=O. The van der Waals surface area contributed by atoms with E-state index in [0.29, 0.717) is 25.2 Å². The predicted molar refractivity (Wildman–Crippen MR) is 74.9 cm³/mol. The molecule has 5 N–H and O–H groups in total. The maximum Gasteiger partial charge on any atom is 0.208 e. The lowest BCUT2D eigenvalue weighted by Gasteiger charge is -2.04. The van der Waals surface area contributed by atoms with Crippen LogP contribution < -0.4 is 16.2 Å². The molecule has 0 aliphatic carbocycles. The lowest BCUT2D eigenvalue weighted by Crippen LogP contribution is -2.36. The Bertz CT molecular complexity index is 452. The molecule has 0 aromatic rings. The van der Waals surface area contributed by atoms with Crippen LogP contribution in [0.2, 0.25) is 0 Å². The number of aliphatic imine (C=N–C) groups is 3. The Kier molecular flexibility index (Phi) is 7.13. The highest BCUT2D eigenvalue weighted by Gasteiger charge is 2.07. The van der Waals surface area contributed by atoms with Crippen molar-refractivity contribution in [1.82, 2.24) is 4.72 Å². The summed E-state index contributed by atoms with van der Waals surface area (Å²) in [4.78, 5) is 11.7. The summed E-state index contributed by atoms with van der Waals surface area (Å²) in [5, 5.41) is 0. The maximum atomic E-state index is 10.8. The van der Waals surface area contributed by atoms with Crippen molar-refractivity contribution in [2.24, 2.45) is 26.4 Å². The Labute approximate surface area is 107 Å². The van der Waals surface area contributed by atoms with Crippen LogP contribution in [-0.2, 0) is 10.0 Å². The molecule has 0 bridgehead atoms. The lowest BCUT2D eigenvalue weighted by molar-refractivity contribution is 0.586. The monoisotopic (exact) mass is 276 g/mol. The van der Waals surface area contributed by atoms with Gasteiger partial charge in [0.15, 0.2) is 0 Å². The zero-order chi connectivity index (χ0) is 14.2. The smallest absolute Gasteiger partial charge is 0.208 e. The average Bonchev–Trinajstić information content (AvgIpc) is 2.27. The van der Waals surface area contributed by atoms with E-state index < -0.39 is 10.0 Å². The van der Waals surface area contributed by atoms with Crippen LogP contribution >= 0.6 is 0 Å². The largest absolute Gasteiger partial charge is 0.382 e. The summed E-state index contributed by atoms with van der Waals surface area (Å²) in [6, 6.07) is 0. The van der Waals surface area contributed by atoms with Crippen molar-refractivity contribution in [2.75, 3.05) is 33.4 Å². The van der Waals surface area contributed by atoms with Gasteiger partial charge in [0.25, 0.3) is 0 Å². The molecule has 104 valence electrons. The average molecular weight is 276 g/mol. The lowest BCUT2D eigenvalue weighted by atomic mass is 10.3. The molecular weight excluding hydrogens is 256 g/mol. The normalized spacial score (nSPS) is 14.9. The highest BCUT2D eigenvalue weighted by Crippen LogP contribution is 1.86.